The monoisotopic (exact) mass is 210 g/mol. The topological polar surface area (TPSA) is 37.2 Å². The lowest BCUT2D eigenvalue weighted by molar-refractivity contribution is 0.524. The average molecular weight is 210 g/mol. The van der Waals surface area contributed by atoms with E-state index in [0.29, 0.717) is 0 Å². The average Bonchev–Trinajstić information content (AvgIpc) is 2.57. The van der Waals surface area contributed by atoms with Crippen LogP contribution in [-0.4, -0.2) is 19.6 Å². The van der Waals surface area contributed by atoms with Gasteiger partial charge in [-0.05, 0) is 25.5 Å². The van der Waals surface area contributed by atoms with Crippen LogP contribution in [0.15, 0.2) is 16.7 Å². The van der Waals surface area contributed by atoms with Crippen molar-refractivity contribution in [2.75, 3.05) is 19.6 Å². The SMILES string of the molecule is Cc1cc(CNCCNCC(C)C)co1. The standard InChI is InChI=1S/C12H22N2O/c1-10(2)7-13-4-5-14-8-12-6-11(3)15-9-12/h6,9-10,13-14H,4-5,7-8H2,1-3H3. The summed E-state index contributed by atoms with van der Waals surface area (Å²) < 4.78 is 5.22. The molecule has 0 aliphatic heterocycles. The van der Waals surface area contributed by atoms with Gasteiger partial charge in [0, 0.05) is 25.2 Å². The zero-order valence-corrected chi connectivity index (χ0v) is 9.97. The first kappa shape index (κ1) is 12.3. The summed E-state index contributed by atoms with van der Waals surface area (Å²) in [6, 6.07) is 2.06. The lowest BCUT2D eigenvalue weighted by Crippen LogP contribution is -2.29. The second kappa shape index (κ2) is 6.64. The van der Waals surface area contributed by atoms with Gasteiger partial charge in [-0.1, -0.05) is 13.8 Å². The summed E-state index contributed by atoms with van der Waals surface area (Å²) in [4.78, 5) is 0. The van der Waals surface area contributed by atoms with Crippen molar-refractivity contribution in [3.05, 3.63) is 23.7 Å². The molecule has 86 valence electrons. The number of rotatable bonds is 7. The largest absolute Gasteiger partial charge is 0.469 e. The molecule has 0 saturated carbocycles. The summed E-state index contributed by atoms with van der Waals surface area (Å²) in [6.07, 6.45) is 1.81. The molecular formula is C12H22N2O. The van der Waals surface area contributed by atoms with E-state index in [9.17, 15) is 0 Å². The molecule has 0 spiro atoms. The molecule has 0 aromatic carbocycles. The van der Waals surface area contributed by atoms with Crippen molar-refractivity contribution in [3.63, 3.8) is 0 Å². The molecule has 0 saturated heterocycles. The molecule has 15 heavy (non-hydrogen) atoms. The van der Waals surface area contributed by atoms with Crippen LogP contribution in [0.3, 0.4) is 0 Å². The smallest absolute Gasteiger partial charge is 0.101 e. The zero-order chi connectivity index (χ0) is 11.1. The van der Waals surface area contributed by atoms with Crippen LogP contribution in [0.4, 0.5) is 0 Å². The Hall–Kier alpha value is -0.800. The van der Waals surface area contributed by atoms with Crippen LogP contribution in [0.2, 0.25) is 0 Å². The van der Waals surface area contributed by atoms with Crippen molar-refractivity contribution < 1.29 is 4.42 Å². The lowest BCUT2D eigenvalue weighted by Gasteiger charge is -2.07. The van der Waals surface area contributed by atoms with Crippen LogP contribution in [0.25, 0.3) is 0 Å². The Morgan fingerprint density at radius 2 is 2.00 bits per heavy atom. The third-order valence-corrected chi connectivity index (χ3v) is 2.15. The molecule has 0 bridgehead atoms. The van der Waals surface area contributed by atoms with Gasteiger partial charge in [0.2, 0.25) is 0 Å². The number of hydrogen-bond donors (Lipinski definition) is 2. The molecule has 0 aliphatic rings. The van der Waals surface area contributed by atoms with E-state index in [0.717, 1.165) is 37.9 Å². The van der Waals surface area contributed by atoms with E-state index < -0.39 is 0 Å². The summed E-state index contributed by atoms with van der Waals surface area (Å²) in [7, 11) is 0. The van der Waals surface area contributed by atoms with E-state index in [2.05, 4.69) is 30.5 Å². The second-order valence-corrected chi connectivity index (χ2v) is 4.34. The van der Waals surface area contributed by atoms with Gasteiger partial charge in [0.15, 0.2) is 0 Å². The van der Waals surface area contributed by atoms with Gasteiger partial charge >= 0.3 is 0 Å². The molecular weight excluding hydrogens is 188 g/mol. The number of furan rings is 1. The van der Waals surface area contributed by atoms with E-state index in [1.807, 2.05) is 13.2 Å². The van der Waals surface area contributed by atoms with Gasteiger partial charge in [0.25, 0.3) is 0 Å². The Morgan fingerprint density at radius 1 is 1.27 bits per heavy atom. The molecule has 0 aliphatic carbocycles. The summed E-state index contributed by atoms with van der Waals surface area (Å²) in [5, 5.41) is 6.76. The first-order valence-electron chi connectivity index (χ1n) is 5.64. The molecule has 3 nitrogen and oxygen atoms in total. The first-order valence-corrected chi connectivity index (χ1v) is 5.64. The molecule has 3 heteroatoms. The molecule has 1 rings (SSSR count). The quantitative estimate of drug-likeness (QED) is 0.675. The van der Waals surface area contributed by atoms with E-state index in [1.165, 1.54) is 5.56 Å². The predicted molar refractivity (Wildman–Crippen MR) is 62.9 cm³/mol. The summed E-state index contributed by atoms with van der Waals surface area (Å²) in [5.74, 6) is 1.70. The van der Waals surface area contributed by atoms with Gasteiger partial charge in [0.1, 0.15) is 5.76 Å². The number of nitrogens with one attached hydrogen (secondary N) is 2. The fourth-order valence-corrected chi connectivity index (χ4v) is 1.39. The lowest BCUT2D eigenvalue weighted by atomic mass is 10.2. The maximum Gasteiger partial charge on any atom is 0.101 e. The van der Waals surface area contributed by atoms with Crippen LogP contribution in [-0.2, 0) is 6.54 Å². The summed E-state index contributed by atoms with van der Waals surface area (Å²) in [5.41, 5.74) is 1.22. The summed E-state index contributed by atoms with van der Waals surface area (Å²) >= 11 is 0. The van der Waals surface area contributed by atoms with Crippen molar-refractivity contribution in [2.24, 2.45) is 5.92 Å². The Kier molecular flexibility index (Phi) is 5.43. The molecule has 0 fully saturated rings. The highest BCUT2D eigenvalue weighted by molar-refractivity contribution is 5.10. The van der Waals surface area contributed by atoms with Gasteiger partial charge in [-0.25, -0.2) is 0 Å². The Labute approximate surface area is 92.2 Å². The number of aryl methyl sites for hydroxylation is 1. The third kappa shape index (κ3) is 5.60. The predicted octanol–water partition coefficient (Wildman–Crippen LogP) is 1.92. The van der Waals surface area contributed by atoms with Gasteiger partial charge in [-0.2, -0.15) is 0 Å². The maximum atomic E-state index is 5.22. The molecule has 0 amide bonds. The van der Waals surface area contributed by atoms with Crippen LogP contribution in [0, 0.1) is 12.8 Å². The highest BCUT2D eigenvalue weighted by Gasteiger charge is 1.96. The Morgan fingerprint density at radius 3 is 2.60 bits per heavy atom. The minimum Gasteiger partial charge on any atom is -0.469 e. The van der Waals surface area contributed by atoms with E-state index >= 15 is 0 Å². The van der Waals surface area contributed by atoms with E-state index in [1.54, 1.807) is 0 Å². The molecule has 0 atom stereocenters. The fraction of sp³-hybridized carbons (Fsp3) is 0.667. The maximum absolute atomic E-state index is 5.22. The van der Waals surface area contributed by atoms with Crippen LogP contribution < -0.4 is 10.6 Å². The van der Waals surface area contributed by atoms with Crippen molar-refractivity contribution in [1.82, 2.24) is 10.6 Å². The van der Waals surface area contributed by atoms with Gasteiger partial charge in [-0.15, -0.1) is 0 Å². The number of hydrogen-bond acceptors (Lipinski definition) is 3. The van der Waals surface area contributed by atoms with Gasteiger partial charge < -0.3 is 15.1 Å². The molecule has 1 aromatic heterocycles. The molecule has 2 N–H and O–H groups in total. The van der Waals surface area contributed by atoms with Crippen molar-refractivity contribution in [3.8, 4) is 0 Å². The van der Waals surface area contributed by atoms with Crippen LogP contribution >= 0.6 is 0 Å². The minimum atomic E-state index is 0.724. The van der Waals surface area contributed by atoms with Crippen molar-refractivity contribution in [2.45, 2.75) is 27.3 Å². The summed E-state index contributed by atoms with van der Waals surface area (Å²) in [6.45, 7) is 10.4. The van der Waals surface area contributed by atoms with Gasteiger partial charge in [-0.3, -0.25) is 0 Å². The first-order chi connectivity index (χ1) is 7.18. The molecule has 1 aromatic rings. The second-order valence-electron chi connectivity index (χ2n) is 4.34. The molecule has 1 heterocycles. The van der Waals surface area contributed by atoms with Crippen molar-refractivity contribution in [1.29, 1.82) is 0 Å². The third-order valence-electron chi connectivity index (χ3n) is 2.15. The zero-order valence-electron chi connectivity index (χ0n) is 9.97. The fourth-order valence-electron chi connectivity index (χ4n) is 1.39. The minimum absolute atomic E-state index is 0.724. The van der Waals surface area contributed by atoms with Gasteiger partial charge in [0.05, 0.1) is 6.26 Å². The highest BCUT2D eigenvalue weighted by Crippen LogP contribution is 2.04. The highest BCUT2D eigenvalue weighted by atomic mass is 16.3. The van der Waals surface area contributed by atoms with Crippen molar-refractivity contribution >= 4 is 0 Å². The van der Waals surface area contributed by atoms with Crippen LogP contribution in [0.1, 0.15) is 25.2 Å². The van der Waals surface area contributed by atoms with E-state index in [-0.39, 0.29) is 0 Å². The van der Waals surface area contributed by atoms with E-state index in [4.69, 9.17) is 4.42 Å². The normalized spacial score (nSPS) is 11.2. The molecule has 0 unspecified atom stereocenters. The molecule has 0 radical (unpaired) electrons. The Balaban J connectivity index is 1.98. The Bertz CT molecular complexity index is 268. The van der Waals surface area contributed by atoms with Crippen LogP contribution in [0.5, 0.6) is 0 Å².